The van der Waals surface area contributed by atoms with Crippen LogP contribution in [0.2, 0.25) is 0 Å². The summed E-state index contributed by atoms with van der Waals surface area (Å²) in [4.78, 5) is 53.5. The minimum absolute atomic E-state index is 0.00325. The van der Waals surface area contributed by atoms with E-state index >= 15 is 0 Å². The first kappa shape index (κ1) is 20.5. The van der Waals surface area contributed by atoms with Gasteiger partial charge in [-0.3, -0.25) is 19.7 Å². The average molecular weight is 434 g/mol. The normalized spacial score (nSPS) is 25.7. The van der Waals surface area contributed by atoms with Gasteiger partial charge in [0.15, 0.2) is 0 Å². The summed E-state index contributed by atoms with van der Waals surface area (Å²) >= 11 is 0. The Hall–Kier alpha value is -3.42. The van der Waals surface area contributed by atoms with Crippen LogP contribution in [-0.2, 0) is 9.59 Å². The van der Waals surface area contributed by atoms with E-state index in [9.17, 15) is 19.2 Å². The second-order valence-electron chi connectivity index (χ2n) is 8.91. The number of carbonyl (C=O) groups excluding carboxylic acids is 4. The Morgan fingerprint density at radius 1 is 0.875 bits per heavy atom. The van der Waals surface area contributed by atoms with Crippen LogP contribution in [0, 0.1) is 5.92 Å². The van der Waals surface area contributed by atoms with Crippen LogP contribution in [-0.4, -0.2) is 65.3 Å². The molecule has 2 saturated heterocycles. The first-order valence-electron chi connectivity index (χ1n) is 11.2. The summed E-state index contributed by atoms with van der Waals surface area (Å²) in [6.07, 6.45) is 2.09. The molecule has 3 aliphatic rings. The summed E-state index contributed by atoms with van der Waals surface area (Å²) in [6.45, 7) is 2.02. The van der Waals surface area contributed by atoms with Gasteiger partial charge in [0, 0.05) is 37.7 Å². The van der Waals surface area contributed by atoms with E-state index in [0.29, 0.717) is 57.4 Å². The molecule has 0 bridgehead atoms. The third-order valence-corrected chi connectivity index (χ3v) is 7.10. The lowest BCUT2D eigenvalue weighted by molar-refractivity contribution is -0.139. The molecule has 2 aliphatic heterocycles. The molecule has 1 saturated carbocycles. The maximum atomic E-state index is 13.1. The van der Waals surface area contributed by atoms with Crippen LogP contribution in [0.5, 0.6) is 0 Å². The number of imide groups is 1. The van der Waals surface area contributed by atoms with Crippen LogP contribution >= 0.6 is 0 Å². The maximum Gasteiger partial charge on any atom is 0.322 e. The molecule has 0 aromatic heterocycles. The average Bonchev–Trinajstić information content (AvgIpc) is 3.10. The number of urea groups is 1. The lowest BCUT2D eigenvalue weighted by Crippen LogP contribution is -2.54. The van der Waals surface area contributed by atoms with Gasteiger partial charge in [-0.2, -0.15) is 0 Å². The van der Waals surface area contributed by atoms with Crippen LogP contribution in [0.25, 0.3) is 10.8 Å². The highest BCUT2D eigenvalue weighted by Gasteiger charge is 2.49. The lowest BCUT2D eigenvalue weighted by atomic mass is 9.76. The first-order chi connectivity index (χ1) is 15.5. The molecule has 166 valence electrons. The summed E-state index contributed by atoms with van der Waals surface area (Å²) in [5.41, 5.74) is -0.158. The van der Waals surface area contributed by atoms with Crippen molar-refractivity contribution in [3.05, 3.63) is 48.0 Å². The number of hydrogen-bond donors (Lipinski definition) is 2. The van der Waals surface area contributed by atoms with Gasteiger partial charge in [0.25, 0.3) is 11.8 Å². The molecule has 0 atom stereocenters. The van der Waals surface area contributed by atoms with E-state index in [1.54, 1.807) is 0 Å². The summed E-state index contributed by atoms with van der Waals surface area (Å²) < 4.78 is 0. The van der Waals surface area contributed by atoms with Crippen molar-refractivity contribution in [1.82, 2.24) is 20.4 Å². The first-order valence-corrected chi connectivity index (χ1v) is 11.2. The minimum atomic E-state index is -0.850. The van der Waals surface area contributed by atoms with Gasteiger partial charge in [-0.05, 0) is 42.5 Å². The van der Waals surface area contributed by atoms with E-state index in [1.165, 1.54) is 0 Å². The van der Waals surface area contributed by atoms with Crippen LogP contribution in [0.3, 0.4) is 0 Å². The predicted molar refractivity (Wildman–Crippen MR) is 118 cm³/mol. The second-order valence-corrected chi connectivity index (χ2v) is 8.91. The van der Waals surface area contributed by atoms with Crippen LogP contribution in [0.15, 0.2) is 42.5 Å². The molecule has 2 heterocycles. The molecule has 1 aliphatic carbocycles. The number of nitrogens with one attached hydrogen (secondary N) is 2. The fourth-order valence-electron chi connectivity index (χ4n) is 5.21. The van der Waals surface area contributed by atoms with E-state index in [0.717, 1.165) is 10.8 Å². The van der Waals surface area contributed by atoms with E-state index in [4.69, 9.17) is 0 Å². The van der Waals surface area contributed by atoms with Crippen LogP contribution in [0.4, 0.5) is 4.79 Å². The zero-order valence-corrected chi connectivity index (χ0v) is 17.8. The van der Waals surface area contributed by atoms with Gasteiger partial charge < -0.3 is 15.1 Å². The molecular formula is C24H26N4O4. The van der Waals surface area contributed by atoms with Gasteiger partial charge in [0.1, 0.15) is 5.54 Å². The summed E-state index contributed by atoms with van der Waals surface area (Å²) in [5.74, 6) is -0.349. The van der Waals surface area contributed by atoms with Crippen molar-refractivity contribution in [1.29, 1.82) is 0 Å². The maximum absolute atomic E-state index is 13.1. The van der Waals surface area contributed by atoms with Gasteiger partial charge in [0.05, 0.1) is 0 Å². The Morgan fingerprint density at radius 3 is 2.22 bits per heavy atom. The Balaban J connectivity index is 1.19. The third kappa shape index (κ3) is 3.49. The van der Waals surface area contributed by atoms with E-state index in [1.807, 2.05) is 52.3 Å². The zero-order valence-electron chi connectivity index (χ0n) is 17.8. The van der Waals surface area contributed by atoms with Crippen molar-refractivity contribution in [2.24, 2.45) is 5.92 Å². The molecule has 2 aromatic rings. The monoisotopic (exact) mass is 434 g/mol. The van der Waals surface area contributed by atoms with Crippen molar-refractivity contribution in [2.75, 3.05) is 26.2 Å². The number of hydrogen-bond acceptors (Lipinski definition) is 4. The highest BCUT2D eigenvalue weighted by molar-refractivity contribution is 6.07. The fourth-order valence-corrected chi connectivity index (χ4v) is 5.21. The molecule has 8 heteroatoms. The molecule has 0 radical (unpaired) electrons. The molecule has 32 heavy (non-hydrogen) atoms. The Morgan fingerprint density at radius 2 is 1.53 bits per heavy atom. The van der Waals surface area contributed by atoms with Gasteiger partial charge in [0.2, 0.25) is 5.91 Å². The highest BCUT2D eigenvalue weighted by atomic mass is 16.2. The standard InChI is InChI=1S/C24H26N4O4/c29-20(17-8-10-24(11-9-17)22(31)25-23(32)26-24)27-12-14-28(15-13-27)21(30)19-7-3-5-16-4-1-2-6-18(16)19/h1-7,17H,8-15H2,(H2,25,26,31,32). The molecule has 2 aromatic carbocycles. The van der Waals surface area contributed by atoms with Crippen LogP contribution < -0.4 is 10.6 Å². The smallest absolute Gasteiger partial charge is 0.322 e. The van der Waals surface area contributed by atoms with Gasteiger partial charge in [-0.1, -0.05) is 36.4 Å². The second kappa shape index (κ2) is 7.93. The number of nitrogens with zero attached hydrogens (tertiary/aromatic N) is 2. The lowest BCUT2D eigenvalue weighted by Gasteiger charge is -2.39. The highest BCUT2D eigenvalue weighted by Crippen LogP contribution is 2.35. The molecule has 5 rings (SSSR count). The number of carbonyl (C=O) groups is 4. The zero-order chi connectivity index (χ0) is 22.3. The Kier molecular flexibility index (Phi) is 5.07. The molecule has 2 N–H and O–H groups in total. The topological polar surface area (TPSA) is 98.8 Å². The molecule has 1 spiro atoms. The predicted octanol–water partition coefficient (Wildman–Crippen LogP) is 1.89. The molecular weight excluding hydrogens is 408 g/mol. The fraction of sp³-hybridized carbons (Fsp3) is 0.417. The number of benzene rings is 2. The minimum Gasteiger partial charge on any atom is -0.339 e. The van der Waals surface area contributed by atoms with Gasteiger partial charge >= 0.3 is 6.03 Å². The van der Waals surface area contributed by atoms with Gasteiger partial charge in [-0.15, -0.1) is 0 Å². The Bertz CT molecular complexity index is 1090. The van der Waals surface area contributed by atoms with Gasteiger partial charge in [-0.25, -0.2) is 4.79 Å². The third-order valence-electron chi connectivity index (χ3n) is 7.10. The van der Waals surface area contributed by atoms with Crippen molar-refractivity contribution in [2.45, 2.75) is 31.2 Å². The molecule has 0 unspecified atom stereocenters. The molecule has 3 fully saturated rings. The number of amides is 5. The number of piperazine rings is 1. The van der Waals surface area contributed by atoms with E-state index in [-0.39, 0.29) is 23.6 Å². The number of rotatable bonds is 2. The van der Waals surface area contributed by atoms with E-state index < -0.39 is 11.6 Å². The summed E-state index contributed by atoms with van der Waals surface area (Å²) in [6, 6.07) is 13.2. The van der Waals surface area contributed by atoms with Crippen molar-refractivity contribution < 1.29 is 19.2 Å². The molecule has 8 nitrogen and oxygen atoms in total. The van der Waals surface area contributed by atoms with Crippen LogP contribution in [0.1, 0.15) is 36.0 Å². The van der Waals surface area contributed by atoms with Crippen molar-refractivity contribution >= 4 is 34.5 Å². The Labute approximate surface area is 185 Å². The largest absolute Gasteiger partial charge is 0.339 e. The quantitative estimate of drug-likeness (QED) is 0.706. The van der Waals surface area contributed by atoms with Crippen molar-refractivity contribution in [3.8, 4) is 0 Å². The van der Waals surface area contributed by atoms with E-state index in [2.05, 4.69) is 10.6 Å². The SMILES string of the molecule is O=C1NC(=O)C2(CCC(C(=O)N3CCN(C(=O)c4cccc5ccccc45)CC3)CC2)N1. The van der Waals surface area contributed by atoms with Crippen molar-refractivity contribution in [3.63, 3.8) is 0 Å². The summed E-state index contributed by atoms with van der Waals surface area (Å²) in [5, 5.41) is 7.02. The number of fused-ring (bicyclic) bond motifs is 1. The molecule has 5 amide bonds. The summed E-state index contributed by atoms with van der Waals surface area (Å²) in [7, 11) is 0.